The van der Waals surface area contributed by atoms with Crippen molar-refractivity contribution in [2.45, 2.75) is 11.0 Å². The van der Waals surface area contributed by atoms with E-state index in [4.69, 9.17) is 10.5 Å². The first-order chi connectivity index (χ1) is 10.6. The molecule has 1 aromatic rings. The van der Waals surface area contributed by atoms with Gasteiger partial charge in [-0.15, -0.1) is 0 Å². The first-order valence-electron chi connectivity index (χ1n) is 6.85. The van der Waals surface area contributed by atoms with Crippen LogP contribution < -0.4 is 10.7 Å². The summed E-state index contributed by atoms with van der Waals surface area (Å²) in [5.41, 5.74) is 3.93. The van der Waals surface area contributed by atoms with Crippen LogP contribution in [0.2, 0.25) is 0 Å². The Bertz CT molecular complexity index is 791. The fourth-order valence-electron chi connectivity index (χ4n) is 3.99. The molecule has 3 N–H and O–H groups in total. The van der Waals surface area contributed by atoms with Crippen molar-refractivity contribution < 1.29 is 14.1 Å². The number of nitrogens with zero attached hydrogens (tertiary/aromatic N) is 2. The van der Waals surface area contributed by atoms with E-state index in [9.17, 15) is 14.9 Å². The van der Waals surface area contributed by atoms with E-state index in [1.54, 1.807) is 18.2 Å². The minimum Gasteiger partial charge on any atom is -0.327 e. The lowest BCUT2D eigenvalue weighted by atomic mass is 9.95. The number of nitrogens with two attached hydrogens (primary N) is 1. The summed E-state index contributed by atoms with van der Waals surface area (Å²) < 4.78 is 20.1. The highest BCUT2D eigenvalue weighted by molar-refractivity contribution is 8.00. The molecule has 5 nitrogen and oxygen atoms in total. The van der Waals surface area contributed by atoms with E-state index in [-0.39, 0.29) is 5.84 Å². The molecule has 1 aromatic carbocycles. The first kappa shape index (κ1) is 13.6. The first-order valence-corrected chi connectivity index (χ1v) is 7.84. The van der Waals surface area contributed by atoms with Gasteiger partial charge in [0.05, 0.1) is 18.7 Å². The zero-order valence-electron chi connectivity index (χ0n) is 11.5. The number of nitriles is 2. The number of ether oxygens (including phenoxy) is 1. The van der Waals surface area contributed by atoms with Gasteiger partial charge in [-0.1, -0.05) is 30.0 Å². The zero-order valence-corrected chi connectivity index (χ0v) is 12.3. The molecule has 1 aliphatic carbocycles. The molecule has 1 saturated carbocycles. The number of benzene rings is 1. The number of nitrogens with one attached hydrogen (secondary N) is 1. The van der Waals surface area contributed by atoms with Gasteiger partial charge in [0.2, 0.25) is 0 Å². The molecule has 2 aliphatic heterocycles. The van der Waals surface area contributed by atoms with Crippen molar-refractivity contribution in [1.82, 2.24) is 0 Å². The molecular weight excluding hydrogens is 303 g/mol. The van der Waals surface area contributed by atoms with E-state index in [0.717, 1.165) is 0 Å². The molecule has 22 heavy (non-hydrogen) atoms. The standard InChI is InChI=1S/C15H11FN4OS/c16-10-4-2-1-3-9(10)11-13(7-17)12(19)20-15(14(11,13)8-18)21-5-6-22-15/h1-4,11H,5-6H2,(H2,19,20)/p+1/t11-,13+,14+,15+/m0/s1. The Hall–Kier alpha value is -2.09. The average molecular weight is 315 g/mol. The summed E-state index contributed by atoms with van der Waals surface area (Å²) in [5, 5.41) is 18.6. The van der Waals surface area contributed by atoms with Crippen LogP contribution in [0.4, 0.5) is 4.39 Å². The maximum absolute atomic E-state index is 14.3. The van der Waals surface area contributed by atoms with Gasteiger partial charge in [0.1, 0.15) is 5.82 Å². The highest BCUT2D eigenvalue weighted by Gasteiger charge is 2.96. The Kier molecular flexibility index (Phi) is 2.47. The number of hydrogen-bond acceptors (Lipinski definition) is 5. The molecule has 4 atom stereocenters. The van der Waals surface area contributed by atoms with Crippen molar-refractivity contribution in [3.8, 4) is 12.1 Å². The van der Waals surface area contributed by atoms with Crippen LogP contribution >= 0.6 is 11.8 Å². The summed E-state index contributed by atoms with van der Waals surface area (Å²) in [6.07, 6.45) is 0. The molecular formula is C15H12FN4OS+. The van der Waals surface area contributed by atoms with E-state index in [2.05, 4.69) is 17.1 Å². The molecule has 4 rings (SSSR count). The molecule has 1 saturated heterocycles. The highest BCUT2D eigenvalue weighted by Crippen LogP contribution is 2.80. The Morgan fingerprint density at radius 2 is 2.14 bits per heavy atom. The third kappa shape index (κ3) is 1.14. The maximum Gasteiger partial charge on any atom is 0.277 e. The third-order valence-electron chi connectivity index (χ3n) is 4.91. The van der Waals surface area contributed by atoms with Gasteiger partial charge in [0.25, 0.3) is 10.9 Å². The van der Waals surface area contributed by atoms with Gasteiger partial charge in [-0.25, -0.2) is 9.38 Å². The van der Waals surface area contributed by atoms with Gasteiger partial charge in [0.15, 0.2) is 10.8 Å². The monoisotopic (exact) mass is 315 g/mol. The second-order valence-corrected chi connectivity index (χ2v) is 6.92. The van der Waals surface area contributed by atoms with E-state index >= 15 is 0 Å². The summed E-state index contributed by atoms with van der Waals surface area (Å²) in [5.74, 6) is -0.186. The van der Waals surface area contributed by atoms with Crippen LogP contribution in [0.5, 0.6) is 0 Å². The van der Waals surface area contributed by atoms with Crippen molar-refractivity contribution in [3.05, 3.63) is 35.6 Å². The summed E-state index contributed by atoms with van der Waals surface area (Å²) in [6.45, 7) is 0.458. The Morgan fingerprint density at radius 3 is 2.73 bits per heavy atom. The number of halogens is 1. The number of hydrogen-bond donors (Lipinski definition) is 2. The Labute approximate surface area is 130 Å². The quantitative estimate of drug-likeness (QED) is 0.749. The molecule has 0 aromatic heterocycles. The molecule has 0 radical (unpaired) electrons. The van der Waals surface area contributed by atoms with E-state index in [0.29, 0.717) is 17.9 Å². The predicted molar refractivity (Wildman–Crippen MR) is 76.5 cm³/mol. The van der Waals surface area contributed by atoms with Gasteiger partial charge < -0.3 is 4.74 Å². The number of fused-ring (bicyclic) bond motifs is 2. The summed E-state index contributed by atoms with van der Waals surface area (Å²) in [7, 11) is 0. The Morgan fingerprint density at radius 1 is 1.36 bits per heavy atom. The minimum atomic E-state index is -1.26. The molecule has 0 bridgehead atoms. The van der Waals surface area contributed by atoms with Crippen LogP contribution in [-0.4, -0.2) is 23.3 Å². The van der Waals surface area contributed by atoms with Crippen LogP contribution in [0, 0.1) is 39.3 Å². The Balaban J connectivity index is 1.97. The topological polar surface area (TPSA) is 96.8 Å². The zero-order chi connectivity index (χ0) is 15.6. The van der Waals surface area contributed by atoms with Crippen LogP contribution in [-0.2, 0) is 4.74 Å². The van der Waals surface area contributed by atoms with E-state index in [1.807, 2.05) is 0 Å². The van der Waals surface area contributed by atoms with Gasteiger partial charge in [-0.3, -0.25) is 5.73 Å². The van der Waals surface area contributed by atoms with Gasteiger partial charge in [-0.2, -0.15) is 10.5 Å². The second-order valence-electron chi connectivity index (χ2n) is 5.65. The fourth-order valence-corrected chi connectivity index (χ4v) is 5.35. The largest absolute Gasteiger partial charge is 0.327 e. The van der Waals surface area contributed by atoms with Gasteiger partial charge >= 0.3 is 0 Å². The molecule has 2 heterocycles. The van der Waals surface area contributed by atoms with Crippen molar-refractivity contribution in [3.63, 3.8) is 0 Å². The minimum absolute atomic E-state index is 0.194. The third-order valence-corrected chi connectivity index (χ3v) is 6.23. The SMILES string of the molecule is N#C[C@@]12[C@@H](c3ccccc3F)[C@]1(C#N)C(N)=[NH+][C@@]21OCCS1. The van der Waals surface area contributed by atoms with Crippen LogP contribution in [0.25, 0.3) is 0 Å². The molecule has 0 amide bonds. The molecule has 1 spiro atoms. The summed E-state index contributed by atoms with van der Waals surface area (Å²) in [4.78, 5) is 3.00. The number of thioether (sulfide) groups is 1. The van der Waals surface area contributed by atoms with E-state index < -0.39 is 27.6 Å². The van der Waals surface area contributed by atoms with Crippen LogP contribution in [0.1, 0.15) is 11.5 Å². The van der Waals surface area contributed by atoms with Crippen molar-refractivity contribution in [2.24, 2.45) is 16.6 Å². The summed E-state index contributed by atoms with van der Waals surface area (Å²) in [6, 6.07) is 10.6. The smallest absolute Gasteiger partial charge is 0.277 e. The lowest BCUT2D eigenvalue weighted by molar-refractivity contribution is -0.583. The molecule has 2 fully saturated rings. The molecule has 110 valence electrons. The molecule has 7 heteroatoms. The van der Waals surface area contributed by atoms with Gasteiger partial charge in [-0.05, 0) is 11.6 Å². The molecule has 3 aliphatic rings. The molecule has 0 unspecified atom stereocenters. The van der Waals surface area contributed by atoms with Crippen LogP contribution in [0.15, 0.2) is 24.3 Å². The van der Waals surface area contributed by atoms with Crippen molar-refractivity contribution >= 4 is 17.6 Å². The van der Waals surface area contributed by atoms with Crippen LogP contribution in [0.3, 0.4) is 0 Å². The maximum atomic E-state index is 14.3. The number of rotatable bonds is 1. The lowest BCUT2D eigenvalue weighted by Crippen LogP contribution is -2.88. The van der Waals surface area contributed by atoms with Crippen molar-refractivity contribution in [1.29, 1.82) is 10.5 Å². The summed E-state index contributed by atoms with van der Waals surface area (Å²) >= 11 is 1.42. The lowest BCUT2D eigenvalue weighted by Gasteiger charge is -2.23. The van der Waals surface area contributed by atoms with Crippen molar-refractivity contribution in [2.75, 3.05) is 12.4 Å². The van der Waals surface area contributed by atoms with Gasteiger partial charge in [0, 0.05) is 11.7 Å². The average Bonchev–Trinajstić information content (AvgIpc) is 2.76. The normalized spacial score (nSPS) is 41.6. The van der Waals surface area contributed by atoms with E-state index in [1.165, 1.54) is 17.8 Å². The number of amidine groups is 1. The predicted octanol–water partition coefficient (Wildman–Crippen LogP) is -0.189. The highest BCUT2D eigenvalue weighted by atomic mass is 32.2. The second kappa shape index (κ2) is 4.01. The fraction of sp³-hybridized carbons (Fsp3) is 0.400.